The maximum absolute atomic E-state index is 12.3. The van der Waals surface area contributed by atoms with Crippen LogP contribution in [0.3, 0.4) is 0 Å². The summed E-state index contributed by atoms with van der Waals surface area (Å²) in [6, 6.07) is 0. The standard InChI is InChI=1S/C13H19N3O4/c1-2-13(12(19)20)6-3-7-16(8-13)11(18)9-4-5-10(17)15-14-9/h2-8H2,1H3,(H,15,17)(H,19,20). The first-order valence-electron chi connectivity index (χ1n) is 6.86. The number of likely N-dealkylation sites (tertiary alicyclic amines) is 1. The van der Waals surface area contributed by atoms with Crippen LogP contribution >= 0.6 is 0 Å². The van der Waals surface area contributed by atoms with E-state index in [-0.39, 0.29) is 24.8 Å². The third-order valence-electron chi connectivity index (χ3n) is 4.15. The summed E-state index contributed by atoms with van der Waals surface area (Å²) < 4.78 is 0. The molecule has 2 rings (SSSR count). The molecule has 1 saturated heterocycles. The topological polar surface area (TPSA) is 99.1 Å². The number of nitrogens with one attached hydrogen (secondary N) is 1. The Bertz CT molecular complexity index is 474. The molecule has 20 heavy (non-hydrogen) atoms. The van der Waals surface area contributed by atoms with Gasteiger partial charge >= 0.3 is 5.97 Å². The Labute approximate surface area is 117 Å². The average Bonchev–Trinajstić information content (AvgIpc) is 2.47. The summed E-state index contributed by atoms with van der Waals surface area (Å²) >= 11 is 0. The zero-order valence-electron chi connectivity index (χ0n) is 11.5. The highest BCUT2D eigenvalue weighted by molar-refractivity contribution is 6.39. The van der Waals surface area contributed by atoms with E-state index in [1.165, 1.54) is 0 Å². The van der Waals surface area contributed by atoms with Crippen molar-refractivity contribution in [2.24, 2.45) is 10.5 Å². The molecule has 0 saturated carbocycles. The van der Waals surface area contributed by atoms with Crippen molar-refractivity contribution >= 4 is 23.5 Å². The third-order valence-corrected chi connectivity index (χ3v) is 4.15. The molecular weight excluding hydrogens is 262 g/mol. The number of rotatable bonds is 3. The van der Waals surface area contributed by atoms with E-state index >= 15 is 0 Å². The van der Waals surface area contributed by atoms with Crippen LogP contribution in [0.2, 0.25) is 0 Å². The van der Waals surface area contributed by atoms with Gasteiger partial charge in [-0.05, 0) is 19.3 Å². The van der Waals surface area contributed by atoms with Gasteiger partial charge in [0.2, 0.25) is 5.91 Å². The highest BCUT2D eigenvalue weighted by Gasteiger charge is 2.42. The summed E-state index contributed by atoms with van der Waals surface area (Å²) in [5.41, 5.74) is 1.75. The lowest BCUT2D eigenvalue weighted by molar-refractivity contribution is -0.154. The molecule has 110 valence electrons. The molecular formula is C13H19N3O4. The molecule has 7 nitrogen and oxygen atoms in total. The van der Waals surface area contributed by atoms with Crippen molar-refractivity contribution in [3.05, 3.63) is 0 Å². The monoisotopic (exact) mass is 281 g/mol. The predicted octanol–water partition coefficient (Wildman–Crippen LogP) is 0.356. The highest BCUT2D eigenvalue weighted by Crippen LogP contribution is 2.33. The van der Waals surface area contributed by atoms with Crippen molar-refractivity contribution in [2.75, 3.05) is 13.1 Å². The maximum Gasteiger partial charge on any atom is 0.311 e. The van der Waals surface area contributed by atoms with Crippen molar-refractivity contribution in [3.63, 3.8) is 0 Å². The smallest absolute Gasteiger partial charge is 0.311 e. The normalized spacial score (nSPS) is 26.8. The van der Waals surface area contributed by atoms with Crippen LogP contribution in [0.25, 0.3) is 0 Å². The Hall–Kier alpha value is -1.92. The van der Waals surface area contributed by atoms with E-state index in [1.807, 2.05) is 6.92 Å². The van der Waals surface area contributed by atoms with E-state index in [9.17, 15) is 19.5 Å². The molecule has 0 bridgehead atoms. The first-order valence-corrected chi connectivity index (χ1v) is 6.86. The largest absolute Gasteiger partial charge is 0.481 e. The summed E-state index contributed by atoms with van der Waals surface area (Å²) in [6.07, 6.45) is 2.32. The number of hydrazone groups is 1. The first-order chi connectivity index (χ1) is 9.48. The molecule has 2 amide bonds. The van der Waals surface area contributed by atoms with Gasteiger partial charge in [-0.25, -0.2) is 5.43 Å². The minimum Gasteiger partial charge on any atom is -0.481 e. The van der Waals surface area contributed by atoms with E-state index in [1.54, 1.807) is 4.90 Å². The molecule has 0 aromatic carbocycles. The molecule has 2 aliphatic rings. The second-order valence-electron chi connectivity index (χ2n) is 5.36. The van der Waals surface area contributed by atoms with Crippen LogP contribution < -0.4 is 5.43 Å². The second kappa shape index (κ2) is 5.60. The fourth-order valence-corrected chi connectivity index (χ4v) is 2.73. The number of carbonyl (C=O) groups excluding carboxylic acids is 2. The lowest BCUT2D eigenvalue weighted by Crippen LogP contribution is -2.52. The lowest BCUT2D eigenvalue weighted by Gasteiger charge is -2.39. The highest BCUT2D eigenvalue weighted by atomic mass is 16.4. The van der Waals surface area contributed by atoms with Gasteiger partial charge in [-0.2, -0.15) is 5.10 Å². The summed E-state index contributed by atoms with van der Waals surface area (Å²) in [5.74, 6) is -1.31. The molecule has 0 aromatic rings. The number of nitrogens with zero attached hydrogens (tertiary/aromatic N) is 2. The number of carboxylic acids is 1. The SMILES string of the molecule is CCC1(C(=O)O)CCCN(C(=O)C2=NNC(=O)CC2)C1. The summed E-state index contributed by atoms with van der Waals surface area (Å²) in [7, 11) is 0. The van der Waals surface area contributed by atoms with Crippen molar-refractivity contribution in [3.8, 4) is 0 Å². The Balaban J connectivity index is 2.11. The number of carbonyl (C=O) groups is 3. The number of amides is 2. The molecule has 0 radical (unpaired) electrons. The van der Waals surface area contributed by atoms with Crippen LogP contribution in [0, 0.1) is 5.41 Å². The van der Waals surface area contributed by atoms with Gasteiger partial charge in [0.15, 0.2) is 0 Å². The molecule has 0 aromatic heterocycles. The molecule has 0 aliphatic carbocycles. The van der Waals surface area contributed by atoms with Crippen molar-refractivity contribution in [1.82, 2.24) is 10.3 Å². The van der Waals surface area contributed by atoms with Gasteiger partial charge in [-0.1, -0.05) is 6.92 Å². The van der Waals surface area contributed by atoms with Crippen molar-refractivity contribution in [1.29, 1.82) is 0 Å². The van der Waals surface area contributed by atoms with Crippen LogP contribution in [0.4, 0.5) is 0 Å². The molecule has 2 aliphatic heterocycles. The van der Waals surface area contributed by atoms with Gasteiger partial charge in [0, 0.05) is 25.9 Å². The molecule has 1 atom stereocenters. The van der Waals surface area contributed by atoms with E-state index in [0.717, 1.165) is 0 Å². The lowest BCUT2D eigenvalue weighted by atomic mass is 9.77. The number of aliphatic carboxylic acids is 1. The predicted molar refractivity (Wildman–Crippen MR) is 71.0 cm³/mol. The van der Waals surface area contributed by atoms with Crippen LogP contribution in [0.5, 0.6) is 0 Å². The molecule has 7 heteroatoms. The molecule has 1 fully saturated rings. The van der Waals surface area contributed by atoms with Gasteiger partial charge in [-0.3, -0.25) is 14.4 Å². The average molecular weight is 281 g/mol. The van der Waals surface area contributed by atoms with Gasteiger partial charge in [0.1, 0.15) is 5.71 Å². The van der Waals surface area contributed by atoms with Crippen LogP contribution in [0.1, 0.15) is 39.0 Å². The zero-order chi connectivity index (χ0) is 14.8. The number of hydrogen-bond donors (Lipinski definition) is 2. The quantitative estimate of drug-likeness (QED) is 0.780. The number of hydrogen-bond acceptors (Lipinski definition) is 4. The second-order valence-corrected chi connectivity index (χ2v) is 5.36. The van der Waals surface area contributed by atoms with Crippen molar-refractivity contribution in [2.45, 2.75) is 39.0 Å². The number of carboxylic acid groups (broad SMARTS) is 1. The van der Waals surface area contributed by atoms with E-state index in [0.29, 0.717) is 37.9 Å². The fourth-order valence-electron chi connectivity index (χ4n) is 2.73. The summed E-state index contributed by atoms with van der Waals surface area (Å²) in [6.45, 7) is 2.59. The Morgan fingerprint density at radius 3 is 2.75 bits per heavy atom. The van der Waals surface area contributed by atoms with Crippen LogP contribution in [-0.2, 0) is 14.4 Å². The van der Waals surface area contributed by atoms with Gasteiger partial charge < -0.3 is 10.0 Å². The molecule has 0 spiro atoms. The fraction of sp³-hybridized carbons (Fsp3) is 0.692. The Morgan fingerprint density at radius 2 is 2.20 bits per heavy atom. The van der Waals surface area contributed by atoms with E-state index < -0.39 is 11.4 Å². The molecule has 2 N–H and O–H groups in total. The summed E-state index contributed by atoms with van der Waals surface area (Å²) in [4.78, 5) is 36.4. The van der Waals surface area contributed by atoms with Gasteiger partial charge in [0.25, 0.3) is 5.91 Å². The van der Waals surface area contributed by atoms with Crippen LogP contribution in [0.15, 0.2) is 5.10 Å². The molecule has 1 unspecified atom stereocenters. The van der Waals surface area contributed by atoms with Crippen molar-refractivity contribution < 1.29 is 19.5 Å². The first kappa shape index (κ1) is 14.5. The Kier molecular flexibility index (Phi) is 4.06. The van der Waals surface area contributed by atoms with E-state index in [2.05, 4.69) is 10.5 Å². The molecule has 2 heterocycles. The van der Waals surface area contributed by atoms with Crippen LogP contribution in [-0.4, -0.2) is 46.6 Å². The van der Waals surface area contributed by atoms with E-state index in [4.69, 9.17) is 0 Å². The zero-order valence-corrected chi connectivity index (χ0v) is 11.5. The minimum atomic E-state index is -0.855. The Morgan fingerprint density at radius 1 is 1.45 bits per heavy atom. The summed E-state index contributed by atoms with van der Waals surface area (Å²) in [5, 5.41) is 13.2. The minimum absolute atomic E-state index is 0.200. The van der Waals surface area contributed by atoms with Gasteiger partial charge in [-0.15, -0.1) is 0 Å². The van der Waals surface area contributed by atoms with Gasteiger partial charge in [0.05, 0.1) is 5.41 Å². The maximum atomic E-state index is 12.3. The number of piperidine rings is 1. The third kappa shape index (κ3) is 2.66.